The van der Waals surface area contributed by atoms with Gasteiger partial charge < -0.3 is 30.5 Å². The summed E-state index contributed by atoms with van der Waals surface area (Å²) in [5.41, 5.74) is 7.47. The van der Waals surface area contributed by atoms with E-state index < -0.39 is 31.9 Å². The van der Waals surface area contributed by atoms with Crippen molar-refractivity contribution in [3.8, 4) is 5.75 Å². The van der Waals surface area contributed by atoms with Gasteiger partial charge in [-0.25, -0.2) is 14.3 Å². The molecule has 236 valence electrons. The Morgan fingerprint density at radius 3 is 2.70 bits per heavy atom. The van der Waals surface area contributed by atoms with Crippen LogP contribution in [-0.2, 0) is 18.3 Å². The monoisotopic (exact) mass is 647 g/mol. The number of phosphoric ester groups is 1. The standard InChI is InChI=1S/C29H35ClN5O8P/c1-40-19-7-9-22-21(15-19)28(20-8-6-18(30)14-23(20)33-22)32-11-4-2-3-5-13-41-44(38,39)42-17-25-24(36)16-27(43-25)35-12-10-26(31)34-29(35)37/h6-10,12,14-15,24-25,27,36H,2-5,11,13,16-17H2,1H3,(H,32,33)(H,38,39)(H2,31,34,37)/t24-,25+,27+/m0/s1. The van der Waals surface area contributed by atoms with Gasteiger partial charge in [0.1, 0.15) is 23.9 Å². The number of anilines is 2. The second kappa shape index (κ2) is 14.2. The number of aliphatic hydroxyl groups is 1. The number of nitrogens with one attached hydrogen (secondary N) is 1. The number of nitrogens with two attached hydrogens (primary N) is 1. The number of nitrogen functional groups attached to an aromatic ring is 1. The minimum atomic E-state index is -4.36. The summed E-state index contributed by atoms with van der Waals surface area (Å²) >= 11 is 6.21. The van der Waals surface area contributed by atoms with E-state index in [0.717, 1.165) is 52.5 Å². The quantitative estimate of drug-likeness (QED) is 0.0847. The summed E-state index contributed by atoms with van der Waals surface area (Å²) in [5.74, 6) is 0.809. The van der Waals surface area contributed by atoms with Crippen LogP contribution in [0.2, 0.25) is 5.02 Å². The lowest BCUT2D eigenvalue weighted by molar-refractivity contribution is -0.0464. The number of ether oxygens (including phenoxy) is 2. The smallest absolute Gasteiger partial charge is 0.472 e. The summed E-state index contributed by atoms with van der Waals surface area (Å²) in [6.07, 6.45) is 1.83. The first-order chi connectivity index (χ1) is 21.1. The molecule has 0 aliphatic carbocycles. The number of halogens is 1. The fourth-order valence-electron chi connectivity index (χ4n) is 5.07. The largest absolute Gasteiger partial charge is 0.497 e. The molecular weight excluding hydrogens is 613 g/mol. The molecule has 1 fully saturated rings. The van der Waals surface area contributed by atoms with Crippen molar-refractivity contribution in [1.29, 1.82) is 0 Å². The number of benzene rings is 2. The van der Waals surface area contributed by atoms with Gasteiger partial charge in [0.2, 0.25) is 0 Å². The van der Waals surface area contributed by atoms with Crippen LogP contribution >= 0.6 is 19.4 Å². The highest BCUT2D eigenvalue weighted by Crippen LogP contribution is 2.44. The maximum Gasteiger partial charge on any atom is 0.472 e. The van der Waals surface area contributed by atoms with Crippen molar-refractivity contribution in [3.05, 3.63) is 64.2 Å². The highest BCUT2D eigenvalue weighted by atomic mass is 35.5. The molecular formula is C29H35ClN5O8P. The van der Waals surface area contributed by atoms with Crippen LogP contribution in [-0.4, -0.2) is 63.6 Å². The fourth-order valence-corrected chi connectivity index (χ4v) is 6.01. The van der Waals surface area contributed by atoms with Crippen LogP contribution in [0.15, 0.2) is 53.5 Å². The van der Waals surface area contributed by atoms with Gasteiger partial charge in [-0.05, 0) is 55.3 Å². The Balaban J connectivity index is 1.04. The van der Waals surface area contributed by atoms with Crippen LogP contribution < -0.4 is 21.5 Å². The highest BCUT2D eigenvalue weighted by Gasteiger charge is 2.37. The van der Waals surface area contributed by atoms with E-state index in [2.05, 4.69) is 10.3 Å². The summed E-state index contributed by atoms with van der Waals surface area (Å²) in [5, 5.41) is 16.4. The van der Waals surface area contributed by atoms with Gasteiger partial charge in [0, 0.05) is 35.0 Å². The maximum absolute atomic E-state index is 12.4. The Kier molecular flexibility index (Phi) is 10.4. The Morgan fingerprint density at radius 2 is 1.91 bits per heavy atom. The Bertz CT molecular complexity index is 1720. The number of phosphoric acid groups is 1. The topological polar surface area (TPSA) is 180 Å². The van der Waals surface area contributed by atoms with E-state index in [1.807, 2.05) is 36.4 Å². The molecule has 5 N–H and O–H groups in total. The third-order valence-electron chi connectivity index (χ3n) is 7.34. The van der Waals surface area contributed by atoms with Crippen molar-refractivity contribution < 1.29 is 33.1 Å². The molecule has 1 aliphatic heterocycles. The molecule has 2 aromatic carbocycles. The molecule has 2 aromatic heterocycles. The molecule has 1 unspecified atom stereocenters. The summed E-state index contributed by atoms with van der Waals surface area (Å²) in [4.78, 5) is 30.5. The second-order valence-electron chi connectivity index (χ2n) is 10.4. The maximum atomic E-state index is 12.4. The predicted molar refractivity (Wildman–Crippen MR) is 167 cm³/mol. The number of methoxy groups -OCH3 is 1. The average Bonchev–Trinajstić information content (AvgIpc) is 3.36. The number of aromatic nitrogens is 3. The van der Waals surface area contributed by atoms with Crippen LogP contribution in [0.1, 0.15) is 38.3 Å². The molecule has 13 nitrogen and oxygen atoms in total. The van der Waals surface area contributed by atoms with Crippen molar-refractivity contribution in [2.75, 3.05) is 37.9 Å². The molecule has 0 saturated carbocycles. The summed E-state index contributed by atoms with van der Waals surface area (Å²) < 4.78 is 34.8. The van der Waals surface area contributed by atoms with E-state index in [4.69, 9.17) is 40.8 Å². The number of unbranched alkanes of at least 4 members (excludes halogenated alkanes) is 3. The van der Waals surface area contributed by atoms with Crippen LogP contribution in [0.25, 0.3) is 21.8 Å². The SMILES string of the molecule is COc1ccc2nc3cc(Cl)ccc3c(NCCCCCCOP(=O)(O)OC[C@H]3O[C@@H](n4ccc(N)nc4=O)C[C@@H]3O)c2c1. The lowest BCUT2D eigenvalue weighted by Crippen LogP contribution is -2.28. The summed E-state index contributed by atoms with van der Waals surface area (Å²) in [7, 11) is -2.74. The van der Waals surface area contributed by atoms with Gasteiger partial charge in [0.15, 0.2) is 0 Å². The number of rotatable bonds is 14. The third-order valence-corrected chi connectivity index (χ3v) is 8.56. The van der Waals surface area contributed by atoms with Gasteiger partial charge in [-0.15, -0.1) is 0 Å². The van der Waals surface area contributed by atoms with Gasteiger partial charge in [-0.2, -0.15) is 4.98 Å². The minimum Gasteiger partial charge on any atom is -0.497 e. The van der Waals surface area contributed by atoms with E-state index in [9.17, 15) is 19.4 Å². The number of hydrogen-bond acceptors (Lipinski definition) is 11. The van der Waals surface area contributed by atoms with Crippen molar-refractivity contribution in [2.24, 2.45) is 0 Å². The van der Waals surface area contributed by atoms with Crippen molar-refractivity contribution >= 4 is 52.7 Å². The van der Waals surface area contributed by atoms with Gasteiger partial charge >= 0.3 is 13.5 Å². The Morgan fingerprint density at radius 1 is 1.09 bits per heavy atom. The lowest BCUT2D eigenvalue weighted by Gasteiger charge is -2.18. The van der Waals surface area contributed by atoms with Gasteiger partial charge in [0.05, 0.1) is 43.1 Å². The predicted octanol–water partition coefficient (Wildman–Crippen LogP) is 4.64. The Labute approximate surface area is 258 Å². The molecule has 44 heavy (non-hydrogen) atoms. The molecule has 3 heterocycles. The van der Waals surface area contributed by atoms with Crippen LogP contribution in [0, 0.1) is 0 Å². The third kappa shape index (κ3) is 7.86. The molecule has 0 radical (unpaired) electrons. The first-order valence-corrected chi connectivity index (χ1v) is 16.1. The molecule has 4 atom stereocenters. The first kappa shape index (κ1) is 32.1. The van der Waals surface area contributed by atoms with Gasteiger partial charge in [-0.3, -0.25) is 13.6 Å². The molecule has 15 heteroatoms. The second-order valence-corrected chi connectivity index (χ2v) is 12.3. The highest BCUT2D eigenvalue weighted by molar-refractivity contribution is 7.47. The molecule has 1 saturated heterocycles. The van der Waals surface area contributed by atoms with E-state index in [1.165, 1.54) is 16.8 Å². The van der Waals surface area contributed by atoms with Crippen LogP contribution in [0.5, 0.6) is 5.75 Å². The summed E-state index contributed by atoms with van der Waals surface area (Å²) in [6.45, 7) is 0.356. The van der Waals surface area contributed by atoms with Crippen LogP contribution in [0.3, 0.4) is 0 Å². The Hall–Kier alpha value is -3.29. The zero-order valence-electron chi connectivity index (χ0n) is 24.1. The van der Waals surface area contributed by atoms with E-state index >= 15 is 0 Å². The van der Waals surface area contributed by atoms with Gasteiger partial charge in [-0.1, -0.05) is 24.4 Å². The lowest BCUT2D eigenvalue weighted by atomic mass is 10.1. The number of pyridine rings is 1. The van der Waals surface area contributed by atoms with E-state index in [0.29, 0.717) is 18.0 Å². The zero-order chi connectivity index (χ0) is 31.3. The van der Waals surface area contributed by atoms with Crippen molar-refractivity contribution in [1.82, 2.24) is 14.5 Å². The normalized spacial score (nSPS) is 19.8. The molecule has 0 spiro atoms. The van der Waals surface area contributed by atoms with Gasteiger partial charge in [0.25, 0.3) is 0 Å². The molecule has 0 bridgehead atoms. The molecule has 0 amide bonds. The van der Waals surface area contributed by atoms with E-state index in [-0.39, 0.29) is 25.5 Å². The molecule has 1 aliphatic rings. The molecule has 4 aromatic rings. The number of nitrogens with zero attached hydrogens (tertiary/aromatic N) is 3. The number of aliphatic hydroxyl groups excluding tert-OH is 1. The minimum absolute atomic E-state index is 0.0323. The fraction of sp³-hybridized carbons (Fsp3) is 0.414. The number of hydrogen-bond donors (Lipinski definition) is 4. The number of fused-ring (bicyclic) bond motifs is 2. The average molecular weight is 648 g/mol. The first-order valence-electron chi connectivity index (χ1n) is 14.2. The molecule has 5 rings (SSSR count). The van der Waals surface area contributed by atoms with Crippen molar-refractivity contribution in [2.45, 2.75) is 50.5 Å². The van der Waals surface area contributed by atoms with Crippen molar-refractivity contribution in [3.63, 3.8) is 0 Å². The van der Waals surface area contributed by atoms with E-state index in [1.54, 1.807) is 7.11 Å². The van der Waals surface area contributed by atoms with Crippen LogP contribution in [0.4, 0.5) is 11.5 Å². The summed E-state index contributed by atoms with van der Waals surface area (Å²) in [6, 6.07) is 12.8. The zero-order valence-corrected chi connectivity index (χ0v) is 25.7.